The lowest BCUT2D eigenvalue weighted by atomic mass is 10.1. The maximum atomic E-state index is 9.72. The summed E-state index contributed by atoms with van der Waals surface area (Å²) in [6.45, 7) is 3.54. The number of aromatic nitrogens is 4. The minimum atomic E-state index is -0.749. The van der Waals surface area contributed by atoms with Crippen molar-refractivity contribution >= 4 is 34.9 Å². The summed E-state index contributed by atoms with van der Waals surface area (Å²) < 4.78 is 19.8. The minimum Gasteiger partial charge on any atom is -0.394 e. The van der Waals surface area contributed by atoms with E-state index >= 15 is 0 Å². The van der Waals surface area contributed by atoms with Gasteiger partial charge in [0.15, 0.2) is 17.7 Å². The molecule has 1 N–H and O–H groups in total. The van der Waals surface area contributed by atoms with Crippen LogP contribution in [0.2, 0.25) is 5.02 Å². The lowest BCUT2D eigenvalue weighted by molar-refractivity contribution is -0.199. The zero-order chi connectivity index (χ0) is 20.9. The summed E-state index contributed by atoms with van der Waals surface area (Å²) in [6.07, 6.45) is 5.21. The predicted octanol–water partition coefficient (Wildman–Crippen LogP) is 3.06. The van der Waals surface area contributed by atoms with Crippen molar-refractivity contribution in [2.45, 2.75) is 44.2 Å². The third-order valence-electron chi connectivity index (χ3n) is 5.25. The maximum absolute atomic E-state index is 9.72. The molecule has 4 atom stereocenters. The molecule has 0 amide bonds. The van der Waals surface area contributed by atoms with Gasteiger partial charge < -0.3 is 19.3 Å². The Labute approximate surface area is 178 Å². The molecule has 5 rings (SSSR count). The molecule has 9 heteroatoms. The first-order chi connectivity index (χ1) is 14.4. The second-order valence-corrected chi connectivity index (χ2v) is 8.22. The summed E-state index contributed by atoms with van der Waals surface area (Å²) in [4.78, 5) is 13.3. The molecule has 0 bridgehead atoms. The molecule has 0 aliphatic carbocycles. The van der Waals surface area contributed by atoms with E-state index in [4.69, 9.17) is 25.8 Å². The number of hydrogen-bond acceptors (Lipinski definition) is 7. The highest BCUT2D eigenvalue weighted by atomic mass is 35.5. The maximum Gasteiger partial charge on any atom is 0.166 e. The Morgan fingerprint density at radius 3 is 2.80 bits per heavy atom. The van der Waals surface area contributed by atoms with E-state index in [0.29, 0.717) is 21.9 Å². The number of fused-ring (bicyclic) bond motifs is 2. The molecule has 1 aromatic carbocycles. The lowest BCUT2D eigenvalue weighted by Gasteiger charge is -2.24. The number of aliphatic hydroxyl groups is 1. The fourth-order valence-electron chi connectivity index (χ4n) is 3.99. The van der Waals surface area contributed by atoms with Crippen molar-refractivity contribution in [1.29, 1.82) is 0 Å². The van der Waals surface area contributed by atoms with Crippen LogP contribution in [0.25, 0.3) is 23.3 Å². The van der Waals surface area contributed by atoms with Crippen LogP contribution in [0.1, 0.15) is 31.3 Å². The van der Waals surface area contributed by atoms with E-state index in [1.54, 1.807) is 6.33 Å². The molecular formula is C21H21ClN4O4. The smallest absolute Gasteiger partial charge is 0.166 e. The standard InChI is InChI=1S/C21H21ClN4O4/c1-21(2)29-17-15(9-27)28-20(18(17)30-21)26-11-25-16-14(23-10-24-19(16)26)7-6-12-4-3-5-13(22)8-12/h3-8,10-11,15,17-18,20,27H,9H2,1-2H3/t15?,17-,18-,20?/m1/s1. The van der Waals surface area contributed by atoms with Crippen molar-refractivity contribution in [2.75, 3.05) is 6.61 Å². The third kappa shape index (κ3) is 3.40. The van der Waals surface area contributed by atoms with E-state index in [0.717, 1.165) is 5.56 Å². The number of imidazole rings is 1. The molecule has 2 aliphatic heterocycles. The highest BCUT2D eigenvalue weighted by Crippen LogP contribution is 2.43. The minimum absolute atomic E-state index is 0.160. The second-order valence-electron chi connectivity index (χ2n) is 7.78. The number of ether oxygens (including phenoxy) is 3. The molecule has 156 valence electrons. The number of halogens is 1. The van der Waals surface area contributed by atoms with E-state index in [1.807, 2.05) is 54.8 Å². The molecule has 2 unspecified atom stereocenters. The van der Waals surface area contributed by atoms with E-state index < -0.39 is 18.1 Å². The molecule has 2 fully saturated rings. The van der Waals surface area contributed by atoms with Crippen LogP contribution in [0.3, 0.4) is 0 Å². The SMILES string of the molecule is CC1(C)O[C@@H]2C(CO)OC(n3cnc4c(C=Cc5cccc(Cl)c5)ncnc43)[C@@H]2O1. The van der Waals surface area contributed by atoms with Gasteiger partial charge in [-0.15, -0.1) is 0 Å². The summed E-state index contributed by atoms with van der Waals surface area (Å²) in [5.41, 5.74) is 2.89. The summed E-state index contributed by atoms with van der Waals surface area (Å²) >= 11 is 6.06. The average molecular weight is 429 g/mol. The van der Waals surface area contributed by atoms with Gasteiger partial charge in [-0.25, -0.2) is 15.0 Å². The summed E-state index contributed by atoms with van der Waals surface area (Å²) in [6, 6.07) is 7.55. The van der Waals surface area contributed by atoms with Crippen LogP contribution in [0.15, 0.2) is 36.9 Å². The average Bonchev–Trinajstić information content (AvgIpc) is 3.37. The Morgan fingerprint density at radius 1 is 1.17 bits per heavy atom. The van der Waals surface area contributed by atoms with E-state index in [9.17, 15) is 5.11 Å². The van der Waals surface area contributed by atoms with E-state index in [1.165, 1.54) is 6.33 Å². The molecule has 0 saturated carbocycles. The second kappa shape index (κ2) is 7.40. The van der Waals surface area contributed by atoms with Crippen molar-refractivity contribution in [2.24, 2.45) is 0 Å². The molecule has 2 aliphatic rings. The topological polar surface area (TPSA) is 91.5 Å². The number of hydrogen-bond donors (Lipinski definition) is 1. The normalized spacial score (nSPS) is 27.9. The van der Waals surface area contributed by atoms with Gasteiger partial charge in [0.2, 0.25) is 0 Å². The highest BCUT2D eigenvalue weighted by molar-refractivity contribution is 6.30. The fourth-order valence-corrected chi connectivity index (χ4v) is 4.19. The third-order valence-corrected chi connectivity index (χ3v) is 5.48. The summed E-state index contributed by atoms with van der Waals surface area (Å²) in [5.74, 6) is -0.749. The summed E-state index contributed by atoms with van der Waals surface area (Å²) in [7, 11) is 0. The largest absolute Gasteiger partial charge is 0.394 e. The van der Waals surface area contributed by atoms with Gasteiger partial charge in [-0.05, 0) is 37.6 Å². The van der Waals surface area contributed by atoms with Crippen molar-refractivity contribution < 1.29 is 19.3 Å². The van der Waals surface area contributed by atoms with Crippen LogP contribution >= 0.6 is 11.6 Å². The molecule has 0 spiro atoms. The van der Waals surface area contributed by atoms with E-state index in [-0.39, 0.29) is 18.8 Å². The first-order valence-electron chi connectivity index (χ1n) is 9.68. The van der Waals surface area contributed by atoms with Crippen LogP contribution in [0, 0.1) is 0 Å². The van der Waals surface area contributed by atoms with Crippen LogP contribution in [0.5, 0.6) is 0 Å². The molecule has 3 aromatic rings. The van der Waals surface area contributed by atoms with Gasteiger partial charge in [0.1, 0.15) is 30.2 Å². The quantitative estimate of drug-likeness (QED) is 0.682. The molecule has 8 nitrogen and oxygen atoms in total. The molecule has 4 heterocycles. The first kappa shape index (κ1) is 19.6. The highest BCUT2D eigenvalue weighted by Gasteiger charge is 2.55. The molecule has 2 saturated heterocycles. The van der Waals surface area contributed by atoms with Crippen molar-refractivity contribution in [3.05, 3.63) is 53.2 Å². The lowest BCUT2D eigenvalue weighted by Crippen LogP contribution is -2.31. The van der Waals surface area contributed by atoms with Gasteiger partial charge in [-0.2, -0.15) is 0 Å². The van der Waals surface area contributed by atoms with Crippen LogP contribution in [-0.4, -0.2) is 55.3 Å². The zero-order valence-corrected chi connectivity index (χ0v) is 17.2. The van der Waals surface area contributed by atoms with Crippen molar-refractivity contribution in [3.63, 3.8) is 0 Å². The van der Waals surface area contributed by atoms with Gasteiger partial charge in [0.25, 0.3) is 0 Å². The van der Waals surface area contributed by atoms with Crippen molar-refractivity contribution in [1.82, 2.24) is 19.5 Å². The molecular weight excluding hydrogens is 408 g/mol. The van der Waals surface area contributed by atoms with Crippen LogP contribution < -0.4 is 0 Å². The van der Waals surface area contributed by atoms with Gasteiger partial charge >= 0.3 is 0 Å². The van der Waals surface area contributed by atoms with Gasteiger partial charge in [0, 0.05) is 5.02 Å². The first-order valence-corrected chi connectivity index (χ1v) is 10.1. The Hall–Kier alpha value is -2.36. The molecule has 30 heavy (non-hydrogen) atoms. The number of benzene rings is 1. The Kier molecular flexibility index (Phi) is 4.83. The fraction of sp³-hybridized carbons (Fsp3) is 0.381. The Bertz CT molecular complexity index is 1120. The Balaban J connectivity index is 1.49. The number of rotatable bonds is 4. The van der Waals surface area contributed by atoms with Gasteiger partial charge in [-0.1, -0.05) is 29.8 Å². The van der Waals surface area contributed by atoms with Crippen LogP contribution in [0.4, 0.5) is 0 Å². The Morgan fingerprint density at radius 2 is 2.00 bits per heavy atom. The monoisotopic (exact) mass is 428 g/mol. The van der Waals surface area contributed by atoms with Crippen LogP contribution in [-0.2, 0) is 14.2 Å². The zero-order valence-electron chi connectivity index (χ0n) is 16.5. The van der Waals surface area contributed by atoms with Crippen molar-refractivity contribution in [3.8, 4) is 0 Å². The van der Waals surface area contributed by atoms with Gasteiger partial charge in [-0.3, -0.25) is 4.57 Å². The van der Waals surface area contributed by atoms with Gasteiger partial charge in [0.05, 0.1) is 18.6 Å². The summed E-state index contributed by atoms with van der Waals surface area (Å²) in [5, 5.41) is 10.4. The molecule has 0 radical (unpaired) electrons. The number of aliphatic hydroxyl groups excluding tert-OH is 1. The van der Waals surface area contributed by atoms with E-state index in [2.05, 4.69) is 15.0 Å². The molecule has 2 aromatic heterocycles. The predicted molar refractivity (Wildman–Crippen MR) is 111 cm³/mol. The number of nitrogens with zero attached hydrogens (tertiary/aromatic N) is 4.